The summed E-state index contributed by atoms with van der Waals surface area (Å²) < 4.78 is 28.1. The summed E-state index contributed by atoms with van der Waals surface area (Å²) in [5, 5.41) is 9.10. The molecule has 0 fully saturated rings. The predicted octanol–water partition coefficient (Wildman–Crippen LogP) is 1.19. The molecule has 9 heteroatoms. The van der Waals surface area contributed by atoms with Gasteiger partial charge < -0.3 is 9.67 Å². The lowest BCUT2D eigenvalue weighted by Gasteiger charge is -2.04. The van der Waals surface area contributed by atoms with Crippen LogP contribution in [0.5, 0.6) is 0 Å². The summed E-state index contributed by atoms with van der Waals surface area (Å²) in [4.78, 5) is 18.6. The number of nitrogens with one attached hydrogen (secondary N) is 1. The lowest BCUT2D eigenvalue weighted by atomic mass is 10.4. The van der Waals surface area contributed by atoms with Crippen molar-refractivity contribution >= 4 is 21.8 Å². The average Bonchev–Trinajstić information content (AvgIpc) is 2.85. The number of carboxylic acid groups (broad SMARTS) is 1. The van der Waals surface area contributed by atoms with E-state index in [1.807, 2.05) is 6.92 Å². The molecule has 0 aromatic carbocycles. The Kier molecular flexibility index (Phi) is 4.22. The van der Waals surface area contributed by atoms with E-state index in [-0.39, 0.29) is 16.4 Å². The summed E-state index contributed by atoms with van der Waals surface area (Å²) >= 11 is 0. The van der Waals surface area contributed by atoms with Gasteiger partial charge in [0, 0.05) is 25.1 Å². The third-order valence-electron chi connectivity index (χ3n) is 2.67. The third-order valence-corrected chi connectivity index (χ3v) is 3.99. The first kappa shape index (κ1) is 15.0. The van der Waals surface area contributed by atoms with Gasteiger partial charge in [0.25, 0.3) is 10.0 Å². The summed E-state index contributed by atoms with van der Waals surface area (Å²) in [6, 6.07) is 1.12. The fourth-order valence-corrected chi connectivity index (χ4v) is 2.82. The number of rotatable bonds is 6. The lowest BCUT2D eigenvalue weighted by Crippen LogP contribution is -2.13. The molecule has 0 saturated heterocycles. The summed E-state index contributed by atoms with van der Waals surface area (Å²) in [5.74, 6) is -1.11. The highest BCUT2D eigenvalue weighted by molar-refractivity contribution is 7.92. The van der Waals surface area contributed by atoms with E-state index in [0.29, 0.717) is 13.0 Å². The van der Waals surface area contributed by atoms with Gasteiger partial charge in [-0.3, -0.25) is 9.71 Å². The van der Waals surface area contributed by atoms with Crippen LogP contribution in [0.3, 0.4) is 0 Å². The van der Waals surface area contributed by atoms with Crippen LogP contribution in [0.2, 0.25) is 0 Å². The van der Waals surface area contributed by atoms with Crippen molar-refractivity contribution in [3.8, 4) is 0 Å². The maximum absolute atomic E-state index is 12.2. The minimum absolute atomic E-state index is 0.0672. The summed E-state index contributed by atoms with van der Waals surface area (Å²) in [6.07, 6.45) is 6.01. The predicted molar refractivity (Wildman–Crippen MR) is 74.5 cm³/mol. The van der Waals surface area contributed by atoms with Crippen molar-refractivity contribution in [2.24, 2.45) is 0 Å². The highest BCUT2D eigenvalue weighted by Gasteiger charge is 2.21. The molecule has 0 unspecified atom stereocenters. The van der Waals surface area contributed by atoms with Crippen LogP contribution in [0.4, 0.5) is 5.82 Å². The SMILES string of the molecule is CCCn1cc(S(=O)(=O)Nc2cnccn2)cc1C(=O)O. The van der Waals surface area contributed by atoms with E-state index in [2.05, 4.69) is 14.7 Å². The molecule has 0 amide bonds. The third kappa shape index (κ3) is 3.37. The molecular formula is C12H14N4O4S. The van der Waals surface area contributed by atoms with E-state index in [1.54, 1.807) is 0 Å². The first-order valence-corrected chi connectivity index (χ1v) is 7.64. The van der Waals surface area contributed by atoms with Gasteiger partial charge in [0.2, 0.25) is 0 Å². The Labute approximate surface area is 121 Å². The molecule has 21 heavy (non-hydrogen) atoms. The van der Waals surface area contributed by atoms with Crippen molar-refractivity contribution < 1.29 is 18.3 Å². The first-order valence-electron chi connectivity index (χ1n) is 6.16. The van der Waals surface area contributed by atoms with Crippen molar-refractivity contribution in [1.82, 2.24) is 14.5 Å². The van der Waals surface area contributed by atoms with Crippen LogP contribution in [0.15, 0.2) is 35.7 Å². The van der Waals surface area contributed by atoms with E-state index in [0.717, 1.165) is 6.07 Å². The number of carboxylic acids is 1. The van der Waals surface area contributed by atoms with Gasteiger partial charge in [0.05, 0.1) is 6.20 Å². The zero-order chi connectivity index (χ0) is 15.5. The number of nitrogens with zero attached hydrogens (tertiary/aromatic N) is 3. The zero-order valence-electron chi connectivity index (χ0n) is 11.2. The van der Waals surface area contributed by atoms with Gasteiger partial charge in [-0.05, 0) is 12.5 Å². The van der Waals surface area contributed by atoms with E-state index in [9.17, 15) is 13.2 Å². The second-order valence-corrected chi connectivity index (χ2v) is 5.94. The molecule has 2 aromatic rings. The molecule has 0 saturated carbocycles. The molecule has 2 aromatic heterocycles. The molecule has 2 heterocycles. The van der Waals surface area contributed by atoms with Gasteiger partial charge in [-0.15, -0.1) is 0 Å². The number of aromatic carboxylic acids is 1. The molecule has 2 N–H and O–H groups in total. The second kappa shape index (κ2) is 5.92. The molecule has 0 bridgehead atoms. The van der Waals surface area contributed by atoms with Gasteiger partial charge in [0.1, 0.15) is 10.6 Å². The standard InChI is InChI=1S/C12H14N4O4S/c1-2-5-16-8-9(6-10(16)12(17)18)21(19,20)15-11-7-13-3-4-14-11/h3-4,6-8H,2,5H2,1H3,(H,14,15)(H,17,18). The Bertz CT molecular complexity index is 740. The molecule has 2 rings (SSSR count). The molecule has 0 aliphatic rings. The molecule has 0 spiro atoms. The number of carbonyl (C=O) groups is 1. The molecule has 0 aliphatic heterocycles. The highest BCUT2D eigenvalue weighted by Crippen LogP contribution is 2.18. The summed E-state index contributed by atoms with van der Waals surface area (Å²) in [5.41, 5.74) is -0.0728. The van der Waals surface area contributed by atoms with Crippen LogP contribution in [-0.4, -0.2) is 34.0 Å². The van der Waals surface area contributed by atoms with Crippen LogP contribution in [0, 0.1) is 0 Å². The van der Waals surface area contributed by atoms with Crippen molar-refractivity contribution in [2.75, 3.05) is 4.72 Å². The lowest BCUT2D eigenvalue weighted by molar-refractivity contribution is 0.0685. The Morgan fingerprint density at radius 3 is 2.76 bits per heavy atom. The first-order chi connectivity index (χ1) is 9.94. The number of anilines is 1. The van der Waals surface area contributed by atoms with Crippen LogP contribution in [0.1, 0.15) is 23.8 Å². The highest BCUT2D eigenvalue weighted by atomic mass is 32.2. The Balaban J connectivity index is 2.36. The monoisotopic (exact) mass is 310 g/mol. The topological polar surface area (TPSA) is 114 Å². The van der Waals surface area contributed by atoms with Crippen molar-refractivity contribution in [3.63, 3.8) is 0 Å². The molecule has 8 nitrogen and oxygen atoms in total. The fourth-order valence-electron chi connectivity index (χ4n) is 1.78. The van der Waals surface area contributed by atoms with Gasteiger partial charge in [0.15, 0.2) is 5.82 Å². The smallest absolute Gasteiger partial charge is 0.352 e. The molecular weight excluding hydrogens is 296 g/mol. The molecule has 0 atom stereocenters. The van der Waals surface area contributed by atoms with E-state index in [4.69, 9.17) is 5.11 Å². The van der Waals surface area contributed by atoms with Crippen LogP contribution in [0.25, 0.3) is 0 Å². The van der Waals surface area contributed by atoms with Crippen LogP contribution >= 0.6 is 0 Å². The van der Waals surface area contributed by atoms with E-state index in [1.165, 1.54) is 29.4 Å². The normalized spacial score (nSPS) is 11.3. The van der Waals surface area contributed by atoms with E-state index < -0.39 is 16.0 Å². The minimum Gasteiger partial charge on any atom is -0.477 e. The minimum atomic E-state index is -3.90. The Morgan fingerprint density at radius 1 is 1.43 bits per heavy atom. The van der Waals surface area contributed by atoms with Gasteiger partial charge >= 0.3 is 5.97 Å². The quantitative estimate of drug-likeness (QED) is 0.828. The maximum Gasteiger partial charge on any atom is 0.352 e. The van der Waals surface area contributed by atoms with Crippen molar-refractivity contribution in [3.05, 3.63) is 36.5 Å². The zero-order valence-corrected chi connectivity index (χ0v) is 12.0. The number of sulfonamides is 1. The Morgan fingerprint density at radius 2 is 2.19 bits per heavy atom. The number of hydrogen-bond donors (Lipinski definition) is 2. The second-order valence-electron chi connectivity index (χ2n) is 4.26. The number of aromatic nitrogens is 3. The summed E-state index contributed by atoms with van der Waals surface area (Å²) in [7, 11) is -3.90. The summed E-state index contributed by atoms with van der Waals surface area (Å²) in [6.45, 7) is 2.29. The van der Waals surface area contributed by atoms with E-state index >= 15 is 0 Å². The fraction of sp³-hybridized carbons (Fsp3) is 0.250. The largest absolute Gasteiger partial charge is 0.477 e. The van der Waals surface area contributed by atoms with Gasteiger partial charge in [-0.25, -0.2) is 18.2 Å². The maximum atomic E-state index is 12.2. The molecule has 112 valence electrons. The molecule has 0 aliphatic carbocycles. The average molecular weight is 310 g/mol. The number of hydrogen-bond acceptors (Lipinski definition) is 5. The molecule has 0 radical (unpaired) electrons. The van der Waals surface area contributed by atoms with Crippen molar-refractivity contribution in [2.45, 2.75) is 24.8 Å². The van der Waals surface area contributed by atoms with Gasteiger partial charge in [-0.2, -0.15) is 0 Å². The van der Waals surface area contributed by atoms with Crippen molar-refractivity contribution in [1.29, 1.82) is 0 Å². The Hall–Kier alpha value is -2.42. The van der Waals surface area contributed by atoms with Crippen LogP contribution in [-0.2, 0) is 16.6 Å². The van der Waals surface area contributed by atoms with Crippen LogP contribution < -0.4 is 4.72 Å². The van der Waals surface area contributed by atoms with Gasteiger partial charge in [-0.1, -0.05) is 6.92 Å². The number of aryl methyl sites for hydroxylation is 1.